The molecule has 0 aromatic heterocycles. The van der Waals surface area contributed by atoms with E-state index in [-0.39, 0.29) is 5.75 Å². The molecule has 0 radical (unpaired) electrons. The lowest BCUT2D eigenvalue weighted by molar-refractivity contribution is 0.202. The Hall–Kier alpha value is -1.17. The number of halogens is 1. The highest BCUT2D eigenvalue weighted by atomic mass is 19.1. The van der Waals surface area contributed by atoms with Crippen LogP contribution in [0.4, 0.5) is 4.39 Å². The number of nitrogens with zero attached hydrogens (tertiary/aromatic N) is 2. The van der Waals surface area contributed by atoms with Gasteiger partial charge in [-0.15, -0.1) is 0 Å². The Morgan fingerprint density at radius 2 is 2.11 bits per heavy atom. The number of likely N-dealkylation sites (N-methyl/N-ethyl adjacent to an activating group) is 1. The van der Waals surface area contributed by atoms with E-state index >= 15 is 0 Å². The van der Waals surface area contributed by atoms with E-state index in [9.17, 15) is 4.39 Å². The zero-order valence-corrected chi connectivity index (χ0v) is 11.4. The van der Waals surface area contributed by atoms with Crippen molar-refractivity contribution in [2.45, 2.75) is 6.54 Å². The summed E-state index contributed by atoms with van der Waals surface area (Å²) < 4.78 is 13.2. The minimum atomic E-state index is -0.548. The standard InChI is InChI=1S/C14H22FN3O/c1-17(8-9-18-6-4-16-5-7-18)11-12-2-3-14(19)13(15)10-12/h2-3,10,16,19H,4-9,11H2,1H3. The minimum absolute atomic E-state index is 0.285. The zero-order chi connectivity index (χ0) is 13.7. The summed E-state index contributed by atoms with van der Waals surface area (Å²) in [5.74, 6) is -0.833. The fraction of sp³-hybridized carbons (Fsp3) is 0.571. The second kappa shape index (κ2) is 6.84. The normalized spacial score (nSPS) is 17.0. The second-order valence-electron chi connectivity index (χ2n) is 5.12. The summed E-state index contributed by atoms with van der Waals surface area (Å²) in [6.45, 7) is 7.02. The van der Waals surface area contributed by atoms with Gasteiger partial charge in [0.15, 0.2) is 11.6 Å². The second-order valence-corrected chi connectivity index (χ2v) is 5.12. The Morgan fingerprint density at radius 1 is 1.37 bits per heavy atom. The van der Waals surface area contributed by atoms with Gasteiger partial charge in [0.05, 0.1) is 0 Å². The lowest BCUT2D eigenvalue weighted by Gasteiger charge is -2.29. The zero-order valence-electron chi connectivity index (χ0n) is 11.4. The van der Waals surface area contributed by atoms with Gasteiger partial charge in [-0.2, -0.15) is 0 Å². The highest BCUT2D eigenvalue weighted by Gasteiger charge is 2.10. The smallest absolute Gasteiger partial charge is 0.165 e. The molecule has 1 aliphatic rings. The molecule has 5 heteroatoms. The van der Waals surface area contributed by atoms with Gasteiger partial charge in [0, 0.05) is 45.8 Å². The average Bonchev–Trinajstić information content (AvgIpc) is 2.42. The summed E-state index contributed by atoms with van der Waals surface area (Å²) in [5, 5.41) is 12.5. The molecule has 1 aliphatic heterocycles. The van der Waals surface area contributed by atoms with E-state index in [0.29, 0.717) is 6.54 Å². The molecule has 0 amide bonds. The third-order valence-corrected chi connectivity index (χ3v) is 3.47. The molecular weight excluding hydrogens is 245 g/mol. The molecule has 2 rings (SSSR count). The van der Waals surface area contributed by atoms with Gasteiger partial charge in [-0.25, -0.2) is 4.39 Å². The number of nitrogens with one attached hydrogen (secondary N) is 1. The van der Waals surface area contributed by atoms with Crippen LogP contribution in [-0.2, 0) is 6.54 Å². The molecular formula is C14H22FN3O. The first-order valence-electron chi connectivity index (χ1n) is 6.74. The van der Waals surface area contributed by atoms with Crippen molar-refractivity contribution >= 4 is 0 Å². The largest absolute Gasteiger partial charge is 0.505 e. The molecule has 0 aliphatic carbocycles. The van der Waals surface area contributed by atoms with Gasteiger partial charge in [0.1, 0.15) is 0 Å². The minimum Gasteiger partial charge on any atom is -0.505 e. The highest BCUT2D eigenvalue weighted by Crippen LogP contribution is 2.16. The van der Waals surface area contributed by atoms with Crippen molar-refractivity contribution in [1.82, 2.24) is 15.1 Å². The molecule has 1 aromatic rings. The van der Waals surface area contributed by atoms with Gasteiger partial charge < -0.3 is 15.3 Å². The quantitative estimate of drug-likeness (QED) is 0.830. The van der Waals surface area contributed by atoms with Crippen molar-refractivity contribution in [3.05, 3.63) is 29.6 Å². The molecule has 1 fully saturated rings. The molecule has 106 valence electrons. The molecule has 0 atom stereocenters. The molecule has 1 heterocycles. The van der Waals surface area contributed by atoms with Gasteiger partial charge in [0.25, 0.3) is 0 Å². The highest BCUT2D eigenvalue weighted by molar-refractivity contribution is 5.27. The Kier molecular flexibility index (Phi) is 5.13. The first-order valence-corrected chi connectivity index (χ1v) is 6.74. The lowest BCUT2D eigenvalue weighted by Crippen LogP contribution is -2.45. The number of hydrogen-bond donors (Lipinski definition) is 2. The summed E-state index contributed by atoms with van der Waals surface area (Å²) in [6, 6.07) is 4.57. The summed E-state index contributed by atoms with van der Waals surface area (Å²) >= 11 is 0. The lowest BCUT2D eigenvalue weighted by atomic mass is 10.2. The molecule has 0 saturated carbocycles. The summed E-state index contributed by atoms with van der Waals surface area (Å²) in [7, 11) is 2.03. The molecule has 1 aromatic carbocycles. The molecule has 2 N–H and O–H groups in total. The fourth-order valence-corrected chi connectivity index (χ4v) is 2.29. The molecule has 1 saturated heterocycles. The first-order chi connectivity index (χ1) is 9.15. The maximum absolute atomic E-state index is 13.2. The van der Waals surface area contributed by atoms with E-state index in [1.54, 1.807) is 6.07 Å². The van der Waals surface area contributed by atoms with Crippen molar-refractivity contribution in [3.8, 4) is 5.75 Å². The Bertz CT molecular complexity index is 408. The number of phenols is 1. The number of phenolic OH excluding ortho intramolecular Hbond substituents is 1. The monoisotopic (exact) mass is 267 g/mol. The van der Waals surface area contributed by atoms with Crippen LogP contribution in [0, 0.1) is 5.82 Å². The van der Waals surface area contributed by atoms with Crippen molar-refractivity contribution in [2.75, 3.05) is 46.3 Å². The van der Waals surface area contributed by atoms with E-state index in [0.717, 1.165) is 44.8 Å². The van der Waals surface area contributed by atoms with Crippen LogP contribution >= 0.6 is 0 Å². The van der Waals surface area contributed by atoms with E-state index in [2.05, 4.69) is 15.1 Å². The van der Waals surface area contributed by atoms with Crippen molar-refractivity contribution in [2.24, 2.45) is 0 Å². The number of rotatable bonds is 5. The summed E-state index contributed by atoms with van der Waals surface area (Å²) in [5.41, 5.74) is 0.887. The van der Waals surface area contributed by atoms with Crippen LogP contribution in [0.25, 0.3) is 0 Å². The van der Waals surface area contributed by atoms with Crippen molar-refractivity contribution < 1.29 is 9.50 Å². The van der Waals surface area contributed by atoms with Crippen LogP contribution in [-0.4, -0.2) is 61.2 Å². The first kappa shape index (κ1) is 14.2. The molecule has 0 spiro atoms. The summed E-state index contributed by atoms with van der Waals surface area (Å²) in [6.07, 6.45) is 0. The molecule has 0 bridgehead atoms. The molecule has 0 unspecified atom stereocenters. The topological polar surface area (TPSA) is 38.7 Å². The van der Waals surface area contributed by atoms with Gasteiger partial charge in [-0.3, -0.25) is 4.90 Å². The van der Waals surface area contributed by atoms with Crippen LogP contribution in [0.5, 0.6) is 5.75 Å². The maximum Gasteiger partial charge on any atom is 0.165 e. The molecule has 19 heavy (non-hydrogen) atoms. The van der Waals surface area contributed by atoms with E-state index < -0.39 is 5.82 Å². The molecule has 4 nitrogen and oxygen atoms in total. The fourth-order valence-electron chi connectivity index (χ4n) is 2.29. The average molecular weight is 267 g/mol. The summed E-state index contributed by atoms with van der Waals surface area (Å²) in [4.78, 5) is 4.61. The third kappa shape index (κ3) is 4.45. The van der Waals surface area contributed by atoms with Crippen LogP contribution in [0.15, 0.2) is 18.2 Å². The van der Waals surface area contributed by atoms with Crippen LogP contribution in [0.1, 0.15) is 5.56 Å². The van der Waals surface area contributed by atoms with Crippen LogP contribution in [0.2, 0.25) is 0 Å². The van der Waals surface area contributed by atoms with E-state index in [4.69, 9.17) is 5.11 Å². The van der Waals surface area contributed by atoms with Gasteiger partial charge >= 0.3 is 0 Å². The maximum atomic E-state index is 13.2. The van der Waals surface area contributed by atoms with Gasteiger partial charge in [-0.1, -0.05) is 6.07 Å². The number of benzene rings is 1. The van der Waals surface area contributed by atoms with Gasteiger partial charge in [0.2, 0.25) is 0 Å². The van der Waals surface area contributed by atoms with Crippen LogP contribution < -0.4 is 5.32 Å². The predicted molar refractivity (Wildman–Crippen MR) is 73.7 cm³/mol. The van der Waals surface area contributed by atoms with Gasteiger partial charge in [-0.05, 0) is 24.7 Å². The van der Waals surface area contributed by atoms with E-state index in [1.807, 2.05) is 7.05 Å². The number of aromatic hydroxyl groups is 1. The Labute approximate surface area is 113 Å². The third-order valence-electron chi connectivity index (χ3n) is 3.47. The van der Waals surface area contributed by atoms with E-state index in [1.165, 1.54) is 12.1 Å². The SMILES string of the molecule is CN(CCN1CCNCC1)Cc1ccc(O)c(F)c1. The Balaban J connectivity index is 1.76. The Morgan fingerprint density at radius 3 is 2.79 bits per heavy atom. The number of hydrogen-bond acceptors (Lipinski definition) is 4. The number of piperazine rings is 1. The predicted octanol–water partition coefficient (Wildman–Crippen LogP) is 0.868. The van der Waals surface area contributed by atoms with Crippen molar-refractivity contribution in [1.29, 1.82) is 0 Å². The van der Waals surface area contributed by atoms with Crippen molar-refractivity contribution in [3.63, 3.8) is 0 Å². The van der Waals surface area contributed by atoms with Crippen LogP contribution in [0.3, 0.4) is 0 Å².